The number of pyridine rings is 1. The number of carbonyl (C=O) groups excluding carboxylic acids is 1. The number of likely N-dealkylation sites (tertiary alicyclic amines) is 1. The Kier molecular flexibility index (Phi) is 7.32. The number of carboxylic acids is 1. The zero-order valence-electron chi connectivity index (χ0n) is 18.7. The minimum atomic E-state index is -4.03. The van der Waals surface area contributed by atoms with Gasteiger partial charge in [-0.3, -0.25) is 4.79 Å². The van der Waals surface area contributed by atoms with Crippen molar-refractivity contribution in [3.8, 4) is 0 Å². The SMILES string of the molecule is O=C(O)[C@H](CNC(=O)N1CCC(c2ccc3c(n2)NCCC3)CC1)NS(=O)(=O)c1ccccc1. The van der Waals surface area contributed by atoms with E-state index in [1.165, 1.54) is 17.7 Å². The normalized spacial score (nSPS) is 17.4. The van der Waals surface area contributed by atoms with Crippen molar-refractivity contribution in [3.05, 3.63) is 53.7 Å². The van der Waals surface area contributed by atoms with Crippen LogP contribution in [0, 0.1) is 0 Å². The van der Waals surface area contributed by atoms with Crippen molar-refractivity contribution in [2.75, 3.05) is 31.5 Å². The largest absolute Gasteiger partial charge is 0.480 e. The standard InChI is InChI=1S/C23H29N5O5S/c29-22(30)20(27-34(32,33)18-6-2-1-3-7-18)15-25-23(31)28-13-10-16(11-14-28)19-9-8-17-5-4-12-24-21(17)26-19/h1-3,6-9,16,20,27H,4-5,10-15H2,(H,24,26)(H,25,31)(H,29,30)/t20-/m0/s1. The molecule has 2 aliphatic rings. The summed E-state index contributed by atoms with van der Waals surface area (Å²) in [7, 11) is -4.03. The molecule has 0 spiro atoms. The van der Waals surface area contributed by atoms with E-state index in [4.69, 9.17) is 4.98 Å². The minimum absolute atomic E-state index is 0.0411. The van der Waals surface area contributed by atoms with E-state index in [0.717, 1.165) is 43.7 Å². The molecule has 10 nitrogen and oxygen atoms in total. The number of piperidine rings is 1. The fraction of sp³-hybridized carbons (Fsp3) is 0.435. The summed E-state index contributed by atoms with van der Waals surface area (Å²) in [5.41, 5.74) is 2.26. The predicted octanol–water partition coefficient (Wildman–Crippen LogP) is 1.76. The van der Waals surface area contributed by atoms with Gasteiger partial charge in [0.1, 0.15) is 11.9 Å². The number of fused-ring (bicyclic) bond motifs is 1. The highest BCUT2D eigenvalue weighted by atomic mass is 32.2. The Morgan fingerprint density at radius 1 is 1.15 bits per heavy atom. The fourth-order valence-electron chi connectivity index (χ4n) is 4.28. The molecular weight excluding hydrogens is 458 g/mol. The van der Waals surface area contributed by atoms with Gasteiger partial charge in [-0.15, -0.1) is 0 Å². The van der Waals surface area contributed by atoms with E-state index in [-0.39, 0.29) is 17.4 Å². The maximum absolute atomic E-state index is 12.6. The smallest absolute Gasteiger partial charge is 0.323 e. The topological polar surface area (TPSA) is 141 Å². The number of hydrogen-bond donors (Lipinski definition) is 4. The molecule has 0 aliphatic carbocycles. The van der Waals surface area contributed by atoms with Crippen LogP contribution >= 0.6 is 0 Å². The molecule has 1 saturated heterocycles. The number of hydrogen-bond acceptors (Lipinski definition) is 6. The van der Waals surface area contributed by atoms with Gasteiger partial charge < -0.3 is 20.6 Å². The Labute approximate surface area is 198 Å². The van der Waals surface area contributed by atoms with Crippen LogP contribution in [0.15, 0.2) is 47.4 Å². The maximum Gasteiger partial charge on any atom is 0.323 e. The molecule has 0 unspecified atom stereocenters. The van der Waals surface area contributed by atoms with Crippen LogP contribution in [0.25, 0.3) is 0 Å². The number of rotatable bonds is 7. The van der Waals surface area contributed by atoms with Crippen LogP contribution in [0.3, 0.4) is 0 Å². The lowest BCUT2D eigenvalue weighted by Gasteiger charge is -2.32. The lowest BCUT2D eigenvalue weighted by molar-refractivity contribution is -0.138. The van der Waals surface area contributed by atoms with Crippen LogP contribution in [-0.4, -0.2) is 67.6 Å². The summed E-state index contributed by atoms with van der Waals surface area (Å²) < 4.78 is 27.0. The third kappa shape index (κ3) is 5.65. The van der Waals surface area contributed by atoms with Crippen LogP contribution in [0.2, 0.25) is 0 Å². The Morgan fingerprint density at radius 2 is 1.88 bits per heavy atom. The van der Waals surface area contributed by atoms with E-state index in [1.54, 1.807) is 23.1 Å². The van der Waals surface area contributed by atoms with Crippen LogP contribution in [0.1, 0.15) is 36.4 Å². The number of benzene rings is 1. The Bertz CT molecular complexity index is 1130. The van der Waals surface area contributed by atoms with Gasteiger partial charge in [0.25, 0.3) is 0 Å². The number of aryl methyl sites for hydroxylation is 1. The molecule has 1 aromatic heterocycles. The van der Waals surface area contributed by atoms with Gasteiger partial charge in [0.15, 0.2) is 0 Å². The third-order valence-corrected chi connectivity index (χ3v) is 7.71. The van der Waals surface area contributed by atoms with Gasteiger partial charge in [-0.05, 0) is 49.4 Å². The van der Waals surface area contributed by atoms with Gasteiger partial charge >= 0.3 is 12.0 Å². The monoisotopic (exact) mass is 487 g/mol. The summed E-state index contributed by atoms with van der Waals surface area (Å²) in [6.07, 6.45) is 3.65. The number of nitrogens with zero attached hydrogens (tertiary/aromatic N) is 2. The van der Waals surface area contributed by atoms with Gasteiger partial charge in [-0.25, -0.2) is 18.2 Å². The molecule has 2 aliphatic heterocycles. The van der Waals surface area contributed by atoms with Crippen molar-refractivity contribution in [3.63, 3.8) is 0 Å². The summed E-state index contributed by atoms with van der Waals surface area (Å²) >= 11 is 0. The first-order valence-electron chi connectivity index (χ1n) is 11.4. The highest BCUT2D eigenvalue weighted by molar-refractivity contribution is 7.89. The lowest BCUT2D eigenvalue weighted by Crippen LogP contribution is -2.51. The number of urea groups is 1. The van der Waals surface area contributed by atoms with Crippen LogP contribution < -0.4 is 15.4 Å². The van der Waals surface area contributed by atoms with Gasteiger partial charge in [0.05, 0.1) is 4.90 Å². The zero-order valence-corrected chi connectivity index (χ0v) is 19.6. The van der Waals surface area contributed by atoms with Gasteiger partial charge in [0, 0.05) is 37.8 Å². The maximum atomic E-state index is 12.6. The van der Waals surface area contributed by atoms with Crippen molar-refractivity contribution in [1.29, 1.82) is 0 Å². The highest BCUT2D eigenvalue weighted by Gasteiger charge is 2.29. The number of carbonyl (C=O) groups is 2. The van der Waals surface area contributed by atoms with E-state index in [2.05, 4.69) is 27.5 Å². The zero-order chi connectivity index (χ0) is 24.1. The summed E-state index contributed by atoms with van der Waals surface area (Å²) in [4.78, 5) is 30.6. The molecule has 1 fully saturated rings. The number of nitrogens with one attached hydrogen (secondary N) is 3. The van der Waals surface area contributed by atoms with Gasteiger partial charge in [-0.1, -0.05) is 24.3 Å². The van der Waals surface area contributed by atoms with Crippen LogP contribution in [-0.2, 0) is 21.2 Å². The first kappa shape index (κ1) is 24.0. The van der Waals surface area contributed by atoms with Crippen molar-refractivity contribution in [2.45, 2.75) is 42.5 Å². The van der Waals surface area contributed by atoms with E-state index in [9.17, 15) is 23.1 Å². The van der Waals surface area contributed by atoms with Gasteiger partial charge in [-0.2, -0.15) is 4.72 Å². The fourth-order valence-corrected chi connectivity index (χ4v) is 5.49. The molecule has 1 atom stereocenters. The number of aromatic nitrogens is 1. The molecule has 0 bridgehead atoms. The number of anilines is 1. The molecule has 4 N–H and O–H groups in total. The second kappa shape index (κ2) is 10.4. The van der Waals surface area contributed by atoms with Crippen LogP contribution in [0.5, 0.6) is 0 Å². The van der Waals surface area contributed by atoms with Crippen molar-refractivity contribution in [2.24, 2.45) is 0 Å². The molecule has 4 rings (SSSR count). The number of aliphatic carboxylic acids is 1. The molecule has 11 heteroatoms. The Balaban J connectivity index is 1.29. The molecule has 1 aromatic carbocycles. The van der Waals surface area contributed by atoms with Crippen molar-refractivity contribution in [1.82, 2.24) is 19.9 Å². The molecule has 2 amide bonds. The molecular formula is C23H29N5O5S. The molecule has 0 radical (unpaired) electrons. The quantitative estimate of drug-likeness (QED) is 0.466. The average molecular weight is 488 g/mol. The summed E-state index contributed by atoms with van der Waals surface area (Å²) in [5.74, 6) is -0.158. The molecule has 3 heterocycles. The first-order valence-corrected chi connectivity index (χ1v) is 12.9. The average Bonchev–Trinajstić information content (AvgIpc) is 2.86. The number of amides is 2. The molecule has 2 aromatic rings. The minimum Gasteiger partial charge on any atom is -0.480 e. The molecule has 182 valence electrons. The summed E-state index contributed by atoms with van der Waals surface area (Å²) in [6.45, 7) is 1.59. The van der Waals surface area contributed by atoms with Crippen LogP contribution in [0.4, 0.5) is 10.6 Å². The van der Waals surface area contributed by atoms with Gasteiger partial charge in [0.2, 0.25) is 10.0 Å². The van der Waals surface area contributed by atoms with E-state index < -0.39 is 28.1 Å². The van der Waals surface area contributed by atoms with E-state index in [1.807, 2.05) is 0 Å². The Morgan fingerprint density at radius 3 is 2.59 bits per heavy atom. The predicted molar refractivity (Wildman–Crippen MR) is 126 cm³/mol. The first-order chi connectivity index (χ1) is 16.3. The number of sulfonamides is 1. The van der Waals surface area contributed by atoms with E-state index >= 15 is 0 Å². The number of carboxylic acid groups (broad SMARTS) is 1. The van der Waals surface area contributed by atoms with Crippen molar-refractivity contribution < 1.29 is 23.1 Å². The third-order valence-electron chi connectivity index (χ3n) is 6.22. The lowest BCUT2D eigenvalue weighted by atomic mass is 9.92. The highest BCUT2D eigenvalue weighted by Crippen LogP contribution is 2.29. The molecule has 0 saturated carbocycles. The van der Waals surface area contributed by atoms with Crippen molar-refractivity contribution >= 4 is 27.8 Å². The second-order valence-electron chi connectivity index (χ2n) is 8.55. The summed E-state index contributed by atoms with van der Waals surface area (Å²) in [5, 5.41) is 15.4. The van der Waals surface area contributed by atoms with E-state index in [0.29, 0.717) is 13.1 Å². The molecule has 34 heavy (non-hydrogen) atoms. The Hall–Kier alpha value is -3.18. The second-order valence-corrected chi connectivity index (χ2v) is 10.3. The summed E-state index contributed by atoms with van der Waals surface area (Å²) in [6, 6.07) is 9.80.